The highest BCUT2D eigenvalue weighted by atomic mass is 16.2. The molecule has 0 fully saturated rings. The van der Waals surface area contributed by atoms with Crippen LogP contribution in [-0.4, -0.2) is 21.0 Å². The van der Waals surface area contributed by atoms with Gasteiger partial charge >= 0.3 is 0 Å². The molecular formula is C12H14N4O. The van der Waals surface area contributed by atoms with Crippen LogP contribution in [0.4, 0.5) is 0 Å². The van der Waals surface area contributed by atoms with Crippen LogP contribution in [0.25, 0.3) is 5.65 Å². The van der Waals surface area contributed by atoms with Crippen molar-refractivity contribution in [2.75, 3.05) is 0 Å². The zero-order valence-electron chi connectivity index (χ0n) is 10.1. The average molecular weight is 230 g/mol. The van der Waals surface area contributed by atoms with Gasteiger partial charge in [0, 0.05) is 11.9 Å². The van der Waals surface area contributed by atoms with Crippen LogP contribution >= 0.6 is 0 Å². The van der Waals surface area contributed by atoms with Gasteiger partial charge in [-0.15, -0.1) is 0 Å². The summed E-state index contributed by atoms with van der Waals surface area (Å²) in [6.45, 7) is 5.45. The molecule has 88 valence electrons. The molecule has 2 heterocycles. The Kier molecular flexibility index (Phi) is 2.91. The molecule has 5 nitrogen and oxygen atoms in total. The minimum Gasteiger partial charge on any atom is -0.295 e. The molecule has 0 spiro atoms. The van der Waals surface area contributed by atoms with E-state index in [0.29, 0.717) is 11.4 Å². The number of carbonyl (C=O) groups is 1. The van der Waals surface area contributed by atoms with Crippen molar-refractivity contribution in [2.24, 2.45) is 5.10 Å². The number of hydrogen-bond donors (Lipinski definition) is 1. The number of carbonyl (C=O) groups excluding carboxylic acids is 1. The predicted molar refractivity (Wildman–Crippen MR) is 66.2 cm³/mol. The third-order valence-electron chi connectivity index (χ3n) is 2.30. The zero-order chi connectivity index (χ0) is 12.4. The van der Waals surface area contributed by atoms with Crippen LogP contribution < -0.4 is 5.43 Å². The fourth-order valence-electron chi connectivity index (χ4n) is 1.60. The van der Waals surface area contributed by atoms with E-state index in [0.717, 1.165) is 11.4 Å². The second-order valence-corrected chi connectivity index (χ2v) is 3.97. The highest BCUT2D eigenvalue weighted by Crippen LogP contribution is 2.11. The van der Waals surface area contributed by atoms with Gasteiger partial charge in [0.2, 0.25) is 0 Å². The lowest BCUT2D eigenvalue weighted by atomic mass is 10.3. The molecule has 0 radical (unpaired) electrons. The van der Waals surface area contributed by atoms with Crippen LogP contribution in [0.3, 0.4) is 0 Å². The van der Waals surface area contributed by atoms with E-state index < -0.39 is 0 Å². The van der Waals surface area contributed by atoms with Crippen LogP contribution in [0.1, 0.15) is 30.0 Å². The molecule has 0 aliphatic rings. The Hall–Kier alpha value is -2.17. The Labute approximate surface area is 99.2 Å². The summed E-state index contributed by atoms with van der Waals surface area (Å²) >= 11 is 0. The Balaban J connectivity index is 2.44. The van der Waals surface area contributed by atoms with Crippen molar-refractivity contribution in [2.45, 2.75) is 20.8 Å². The summed E-state index contributed by atoms with van der Waals surface area (Å²) in [6, 6.07) is 5.61. The summed E-state index contributed by atoms with van der Waals surface area (Å²) in [5, 5.41) is 3.90. The van der Waals surface area contributed by atoms with E-state index in [2.05, 4.69) is 15.5 Å². The van der Waals surface area contributed by atoms with Crippen LogP contribution in [0, 0.1) is 6.92 Å². The maximum atomic E-state index is 12.0. The molecular weight excluding hydrogens is 216 g/mol. The molecule has 2 aromatic rings. The average Bonchev–Trinajstić information content (AvgIpc) is 2.61. The van der Waals surface area contributed by atoms with Crippen molar-refractivity contribution < 1.29 is 4.79 Å². The third-order valence-corrected chi connectivity index (χ3v) is 2.30. The molecule has 0 saturated carbocycles. The highest BCUT2D eigenvalue weighted by molar-refractivity contribution is 5.95. The normalized spacial score (nSPS) is 10.3. The molecule has 0 unspecified atom stereocenters. The second-order valence-electron chi connectivity index (χ2n) is 3.97. The van der Waals surface area contributed by atoms with Gasteiger partial charge < -0.3 is 0 Å². The lowest BCUT2D eigenvalue weighted by molar-refractivity contribution is 0.0948. The van der Waals surface area contributed by atoms with Crippen LogP contribution in [0.5, 0.6) is 0 Å². The van der Waals surface area contributed by atoms with Gasteiger partial charge in [0.1, 0.15) is 11.3 Å². The third kappa shape index (κ3) is 2.18. The van der Waals surface area contributed by atoms with Gasteiger partial charge in [0.25, 0.3) is 5.91 Å². The van der Waals surface area contributed by atoms with Crippen molar-refractivity contribution in [1.29, 1.82) is 0 Å². The maximum Gasteiger partial charge on any atom is 0.290 e. The number of nitrogens with zero attached hydrogens (tertiary/aromatic N) is 3. The minimum atomic E-state index is -0.248. The lowest BCUT2D eigenvalue weighted by Gasteiger charge is -2.01. The topological polar surface area (TPSA) is 58.8 Å². The minimum absolute atomic E-state index is 0.248. The number of pyridine rings is 1. The predicted octanol–water partition coefficient (Wildman–Crippen LogP) is 1.77. The van der Waals surface area contributed by atoms with Crippen LogP contribution in [0.15, 0.2) is 29.5 Å². The Bertz CT molecular complexity index is 594. The number of aromatic nitrogens is 2. The Morgan fingerprint density at radius 2 is 2.18 bits per heavy atom. The van der Waals surface area contributed by atoms with E-state index in [1.807, 2.05) is 45.2 Å². The van der Waals surface area contributed by atoms with Gasteiger partial charge in [-0.1, -0.05) is 6.07 Å². The van der Waals surface area contributed by atoms with Gasteiger partial charge in [0.15, 0.2) is 0 Å². The van der Waals surface area contributed by atoms with E-state index >= 15 is 0 Å². The summed E-state index contributed by atoms with van der Waals surface area (Å²) < 4.78 is 1.76. The molecule has 0 atom stereocenters. The van der Waals surface area contributed by atoms with E-state index in [-0.39, 0.29) is 5.91 Å². The summed E-state index contributed by atoms with van der Waals surface area (Å²) in [6.07, 6.45) is 1.81. The summed E-state index contributed by atoms with van der Waals surface area (Å²) in [7, 11) is 0. The Morgan fingerprint density at radius 3 is 2.88 bits per heavy atom. The smallest absolute Gasteiger partial charge is 0.290 e. The molecule has 0 aliphatic carbocycles. The van der Waals surface area contributed by atoms with E-state index in [1.165, 1.54) is 0 Å². The quantitative estimate of drug-likeness (QED) is 0.631. The fourth-order valence-corrected chi connectivity index (χ4v) is 1.60. The van der Waals surface area contributed by atoms with Gasteiger partial charge in [-0.05, 0) is 32.9 Å². The van der Waals surface area contributed by atoms with Crippen molar-refractivity contribution in [3.05, 3.63) is 35.8 Å². The monoisotopic (exact) mass is 230 g/mol. The SMILES string of the molecule is CC(C)=NNC(=O)c1c(C)nc2ccccn12. The first kappa shape index (κ1) is 11.3. The summed E-state index contributed by atoms with van der Waals surface area (Å²) in [5.41, 5.74) is 5.27. The largest absolute Gasteiger partial charge is 0.295 e. The molecule has 2 rings (SSSR count). The number of hydrazone groups is 1. The maximum absolute atomic E-state index is 12.0. The van der Waals surface area contributed by atoms with E-state index in [1.54, 1.807) is 4.40 Å². The number of aryl methyl sites for hydroxylation is 1. The first-order valence-corrected chi connectivity index (χ1v) is 5.34. The number of fused-ring (bicyclic) bond motifs is 1. The number of hydrogen-bond acceptors (Lipinski definition) is 3. The number of amides is 1. The first-order chi connectivity index (χ1) is 8.09. The van der Waals surface area contributed by atoms with E-state index in [4.69, 9.17) is 0 Å². The molecule has 17 heavy (non-hydrogen) atoms. The van der Waals surface area contributed by atoms with Gasteiger partial charge in [-0.25, -0.2) is 10.4 Å². The van der Waals surface area contributed by atoms with Crippen molar-refractivity contribution >= 4 is 17.3 Å². The van der Waals surface area contributed by atoms with Crippen molar-refractivity contribution in [3.63, 3.8) is 0 Å². The fraction of sp³-hybridized carbons (Fsp3) is 0.250. The molecule has 1 N–H and O–H groups in total. The molecule has 2 aromatic heterocycles. The molecule has 5 heteroatoms. The lowest BCUT2D eigenvalue weighted by Crippen LogP contribution is -2.21. The molecule has 0 saturated heterocycles. The van der Waals surface area contributed by atoms with Crippen LogP contribution in [-0.2, 0) is 0 Å². The molecule has 1 amide bonds. The molecule has 0 aromatic carbocycles. The van der Waals surface area contributed by atoms with E-state index in [9.17, 15) is 4.79 Å². The number of nitrogens with one attached hydrogen (secondary N) is 1. The van der Waals surface area contributed by atoms with Gasteiger partial charge in [-0.3, -0.25) is 9.20 Å². The highest BCUT2D eigenvalue weighted by Gasteiger charge is 2.15. The van der Waals surface area contributed by atoms with Crippen LogP contribution in [0.2, 0.25) is 0 Å². The first-order valence-electron chi connectivity index (χ1n) is 5.34. The molecule has 0 bridgehead atoms. The molecule has 0 aliphatic heterocycles. The Morgan fingerprint density at radius 1 is 1.41 bits per heavy atom. The zero-order valence-corrected chi connectivity index (χ0v) is 10.1. The number of rotatable bonds is 2. The number of imidazole rings is 1. The van der Waals surface area contributed by atoms with Crippen molar-refractivity contribution in [3.8, 4) is 0 Å². The van der Waals surface area contributed by atoms with Crippen molar-refractivity contribution in [1.82, 2.24) is 14.8 Å². The van der Waals surface area contributed by atoms with Gasteiger partial charge in [0.05, 0.1) is 5.69 Å². The van der Waals surface area contributed by atoms with Gasteiger partial charge in [-0.2, -0.15) is 5.10 Å². The summed E-state index contributed by atoms with van der Waals surface area (Å²) in [4.78, 5) is 16.3. The second kappa shape index (κ2) is 4.37. The standard InChI is InChI=1S/C12H14N4O/c1-8(2)14-15-12(17)11-9(3)13-10-6-4-5-7-16(10)11/h4-7H,1-3H3,(H,15,17). The summed E-state index contributed by atoms with van der Waals surface area (Å²) in [5.74, 6) is -0.248.